The fraction of sp³-hybridized carbons (Fsp3) is 0.333. The van der Waals surface area contributed by atoms with E-state index in [0.29, 0.717) is 24.7 Å². The summed E-state index contributed by atoms with van der Waals surface area (Å²) in [5.41, 5.74) is 3.72. The Bertz CT molecular complexity index is 1270. The van der Waals surface area contributed by atoms with Crippen LogP contribution in [0.3, 0.4) is 0 Å². The number of aryl methyl sites for hydroxylation is 1. The second-order valence-electron chi connectivity index (χ2n) is 9.13. The van der Waals surface area contributed by atoms with Crippen LogP contribution in [0.25, 0.3) is 11.8 Å². The molecule has 8 heteroatoms. The molecule has 182 valence electrons. The number of hydrogen-bond donors (Lipinski definition) is 0. The second-order valence-corrected chi connectivity index (χ2v) is 9.13. The number of ether oxygens (including phenoxy) is 2. The Labute approximate surface area is 204 Å². The number of amidine groups is 1. The molecule has 5 rings (SSSR count). The Morgan fingerprint density at radius 1 is 1.17 bits per heavy atom. The van der Waals surface area contributed by atoms with Gasteiger partial charge in [-0.3, -0.25) is 0 Å². The molecule has 0 aliphatic carbocycles. The molecule has 2 aliphatic rings. The Hall–Kier alpha value is -3.81. The number of morpholine rings is 1. The molecule has 2 aromatic carbocycles. The third kappa shape index (κ3) is 4.48. The fourth-order valence-electron chi connectivity index (χ4n) is 4.60. The average molecular weight is 477 g/mol. The Kier molecular flexibility index (Phi) is 6.19. The molecule has 35 heavy (non-hydrogen) atoms. The Morgan fingerprint density at radius 2 is 1.97 bits per heavy atom. The van der Waals surface area contributed by atoms with Gasteiger partial charge in [0.25, 0.3) is 0 Å². The smallest absolute Gasteiger partial charge is 0.211 e. The fourth-order valence-corrected chi connectivity index (χ4v) is 4.60. The van der Waals surface area contributed by atoms with Crippen molar-refractivity contribution in [3.63, 3.8) is 0 Å². The highest BCUT2D eigenvalue weighted by molar-refractivity contribution is 6.01. The van der Waals surface area contributed by atoms with Gasteiger partial charge in [0.05, 0.1) is 37.4 Å². The lowest BCUT2D eigenvalue weighted by atomic mass is 9.91. The monoisotopic (exact) mass is 476 g/mol. The van der Waals surface area contributed by atoms with Crippen molar-refractivity contribution in [3.05, 3.63) is 83.4 Å². The molecule has 0 radical (unpaired) electrons. The minimum absolute atomic E-state index is 0.100. The maximum Gasteiger partial charge on any atom is 0.211 e. The van der Waals surface area contributed by atoms with E-state index in [1.807, 2.05) is 54.1 Å². The van der Waals surface area contributed by atoms with Crippen LogP contribution < -0.4 is 4.74 Å². The number of halogens is 1. The minimum atomic E-state index is -0.258. The average Bonchev–Trinajstić information content (AvgIpc) is 3.30. The van der Waals surface area contributed by atoms with Crippen molar-refractivity contribution in [2.45, 2.75) is 32.9 Å². The first-order valence-electron chi connectivity index (χ1n) is 11.7. The number of rotatable bonds is 5. The zero-order valence-electron chi connectivity index (χ0n) is 20.3. The molecule has 2 atom stereocenters. The number of fused-ring (bicyclic) bond motifs is 1. The van der Waals surface area contributed by atoms with E-state index in [0.717, 1.165) is 28.3 Å². The van der Waals surface area contributed by atoms with Crippen LogP contribution in [0.4, 0.5) is 4.39 Å². The van der Waals surface area contributed by atoms with Gasteiger partial charge >= 0.3 is 0 Å². The van der Waals surface area contributed by atoms with E-state index >= 15 is 0 Å². The lowest BCUT2D eigenvalue weighted by Gasteiger charge is -2.44. The van der Waals surface area contributed by atoms with Crippen molar-refractivity contribution in [3.8, 4) is 11.4 Å². The van der Waals surface area contributed by atoms with E-state index in [9.17, 15) is 4.39 Å². The van der Waals surface area contributed by atoms with Gasteiger partial charge in [-0.15, -0.1) is 0 Å². The van der Waals surface area contributed by atoms with Crippen molar-refractivity contribution in [2.24, 2.45) is 11.1 Å². The molecule has 1 fully saturated rings. The van der Waals surface area contributed by atoms with Gasteiger partial charge in [0.2, 0.25) is 5.84 Å². The molecule has 3 heterocycles. The summed E-state index contributed by atoms with van der Waals surface area (Å²) in [7, 11) is 1.65. The molecule has 0 saturated carbocycles. The molecule has 3 aromatic rings. The Morgan fingerprint density at radius 3 is 2.66 bits per heavy atom. The van der Waals surface area contributed by atoms with Crippen LogP contribution in [0, 0.1) is 18.7 Å². The third-order valence-electron chi connectivity index (χ3n) is 6.35. The summed E-state index contributed by atoms with van der Waals surface area (Å²) >= 11 is 0. The molecular weight excluding hydrogens is 447 g/mol. The number of benzene rings is 2. The maximum atomic E-state index is 13.6. The summed E-state index contributed by atoms with van der Waals surface area (Å²) in [6, 6.07) is 12.5. The van der Waals surface area contributed by atoms with Crippen LogP contribution in [0.1, 0.15) is 36.7 Å². The molecule has 1 aromatic heterocycles. The second kappa shape index (κ2) is 9.44. The summed E-state index contributed by atoms with van der Waals surface area (Å²) in [4.78, 5) is 12.5. The van der Waals surface area contributed by atoms with Gasteiger partial charge in [-0.1, -0.05) is 37.2 Å². The normalized spacial score (nSPS) is 20.8. The number of methoxy groups -OCH3 is 1. The molecule has 0 bridgehead atoms. The number of aromatic nitrogens is 2. The van der Waals surface area contributed by atoms with Crippen LogP contribution >= 0.6 is 0 Å². The number of hydrogen-bond acceptors (Lipinski definition) is 6. The predicted octanol–water partition coefficient (Wildman–Crippen LogP) is 5.11. The standard InChI is InChI=1S/C27H29FN4O3/c1-17(2)26-25(20-6-8-21(28)9-7-20)32-11-12-34-24(27(32)30-35-26)14-19-5-10-22(23(13-19)33-4)31-15-18(3)29-16-31/h5-10,13-17,25-26H,11-12H2,1-4H3/b24-14-. The summed E-state index contributed by atoms with van der Waals surface area (Å²) in [6.45, 7) is 7.33. The maximum absolute atomic E-state index is 13.6. The van der Waals surface area contributed by atoms with Crippen molar-refractivity contribution >= 4 is 11.9 Å². The topological polar surface area (TPSA) is 61.1 Å². The predicted molar refractivity (Wildman–Crippen MR) is 132 cm³/mol. The molecular formula is C27H29FN4O3. The zero-order valence-corrected chi connectivity index (χ0v) is 20.3. The first-order valence-corrected chi connectivity index (χ1v) is 11.7. The molecule has 1 saturated heterocycles. The SMILES string of the molecule is COc1cc(/C=C2\OCCN3C2=NOC(C(C)C)C3c2ccc(F)cc2)ccc1-n1cnc(C)c1. The van der Waals surface area contributed by atoms with E-state index < -0.39 is 0 Å². The number of nitrogens with zero attached hydrogens (tertiary/aromatic N) is 4. The summed E-state index contributed by atoms with van der Waals surface area (Å²) < 4.78 is 27.3. The highest BCUT2D eigenvalue weighted by atomic mass is 19.1. The Balaban J connectivity index is 1.50. The first-order chi connectivity index (χ1) is 16.9. The molecule has 0 spiro atoms. The lowest BCUT2D eigenvalue weighted by Crippen LogP contribution is -2.51. The number of imidazole rings is 1. The van der Waals surface area contributed by atoms with E-state index in [4.69, 9.17) is 14.3 Å². The summed E-state index contributed by atoms with van der Waals surface area (Å²) in [6.07, 6.45) is 5.49. The molecule has 7 nitrogen and oxygen atoms in total. The summed E-state index contributed by atoms with van der Waals surface area (Å²) in [5.74, 6) is 1.94. The highest BCUT2D eigenvalue weighted by Gasteiger charge is 2.41. The van der Waals surface area contributed by atoms with Crippen LogP contribution in [-0.4, -0.2) is 46.7 Å². The first kappa shape index (κ1) is 23.0. The van der Waals surface area contributed by atoms with Gasteiger partial charge in [-0.2, -0.15) is 0 Å². The largest absolute Gasteiger partial charge is 0.495 e. The van der Waals surface area contributed by atoms with E-state index in [2.05, 4.69) is 28.9 Å². The van der Waals surface area contributed by atoms with Gasteiger partial charge in [-0.25, -0.2) is 9.37 Å². The zero-order chi connectivity index (χ0) is 24.5. The lowest BCUT2D eigenvalue weighted by molar-refractivity contribution is -0.0557. The van der Waals surface area contributed by atoms with Gasteiger partial charge in [0.15, 0.2) is 11.9 Å². The molecule has 2 unspecified atom stereocenters. The van der Waals surface area contributed by atoms with E-state index in [1.54, 1.807) is 13.4 Å². The molecule has 0 amide bonds. The quantitative estimate of drug-likeness (QED) is 0.512. The van der Waals surface area contributed by atoms with E-state index in [-0.39, 0.29) is 23.9 Å². The van der Waals surface area contributed by atoms with Crippen molar-refractivity contribution in [1.29, 1.82) is 0 Å². The number of oxime groups is 1. The third-order valence-corrected chi connectivity index (χ3v) is 6.35. The van der Waals surface area contributed by atoms with Gasteiger partial charge < -0.3 is 23.8 Å². The van der Waals surface area contributed by atoms with E-state index in [1.165, 1.54) is 12.1 Å². The van der Waals surface area contributed by atoms with Gasteiger partial charge in [0, 0.05) is 6.20 Å². The molecule has 0 N–H and O–H groups in total. The van der Waals surface area contributed by atoms with Gasteiger partial charge in [0.1, 0.15) is 18.2 Å². The van der Waals surface area contributed by atoms with Gasteiger partial charge in [-0.05, 0) is 54.3 Å². The van der Waals surface area contributed by atoms with Crippen LogP contribution in [0.2, 0.25) is 0 Å². The van der Waals surface area contributed by atoms with Crippen LogP contribution in [0.5, 0.6) is 5.75 Å². The van der Waals surface area contributed by atoms with Crippen LogP contribution in [0.15, 0.2) is 65.9 Å². The van der Waals surface area contributed by atoms with Crippen molar-refractivity contribution in [1.82, 2.24) is 14.5 Å². The minimum Gasteiger partial charge on any atom is -0.495 e. The summed E-state index contributed by atoms with van der Waals surface area (Å²) in [5, 5.41) is 4.47. The molecule has 2 aliphatic heterocycles. The highest BCUT2D eigenvalue weighted by Crippen LogP contribution is 2.37. The van der Waals surface area contributed by atoms with Crippen LogP contribution in [-0.2, 0) is 9.57 Å². The van der Waals surface area contributed by atoms with Crippen molar-refractivity contribution in [2.75, 3.05) is 20.3 Å². The van der Waals surface area contributed by atoms with Crippen molar-refractivity contribution < 1.29 is 18.7 Å².